The van der Waals surface area contributed by atoms with Crippen LogP contribution in [-0.2, 0) is 9.53 Å². The summed E-state index contributed by atoms with van der Waals surface area (Å²) >= 11 is 0. The number of esters is 1. The van der Waals surface area contributed by atoms with Crippen LogP contribution in [0, 0.1) is 0 Å². The monoisotopic (exact) mass is 425 g/mol. The van der Waals surface area contributed by atoms with E-state index in [2.05, 4.69) is 20.2 Å². The van der Waals surface area contributed by atoms with Crippen LogP contribution in [0.4, 0.5) is 23.0 Å². The Kier molecular flexibility index (Phi) is 5.67. The summed E-state index contributed by atoms with van der Waals surface area (Å²) < 4.78 is 10.1. The molecule has 31 heavy (non-hydrogen) atoms. The van der Waals surface area contributed by atoms with Crippen molar-refractivity contribution in [2.45, 2.75) is 44.7 Å². The van der Waals surface area contributed by atoms with Crippen molar-refractivity contribution in [1.29, 1.82) is 0 Å². The molecule has 2 aromatic rings. The first-order chi connectivity index (χ1) is 14.9. The standard InChI is InChI=1S/C22H27N5O4/c1-13-21(28)26(2)17-12-23-19(10-16(17)27(13)15-7-5-6-8-15)25-20-18(30-3)9-14(11-24-20)22(29)31-4/h9-13,15H,5-8H2,1-4H3,(H,23,24,25). The van der Waals surface area contributed by atoms with E-state index in [9.17, 15) is 9.59 Å². The zero-order chi connectivity index (χ0) is 22.1. The second kappa shape index (κ2) is 8.41. The molecule has 0 aromatic carbocycles. The second-order valence-electron chi connectivity index (χ2n) is 7.87. The van der Waals surface area contributed by atoms with E-state index in [1.54, 1.807) is 24.2 Å². The van der Waals surface area contributed by atoms with Crippen LogP contribution in [-0.4, -0.2) is 55.2 Å². The fourth-order valence-electron chi connectivity index (χ4n) is 4.44. The third-order valence-corrected chi connectivity index (χ3v) is 6.06. The van der Waals surface area contributed by atoms with Crippen LogP contribution in [0.5, 0.6) is 5.75 Å². The molecule has 2 aliphatic rings. The minimum Gasteiger partial charge on any atom is -0.493 e. The predicted octanol–water partition coefficient (Wildman–Crippen LogP) is 3.13. The Morgan fingerprint density at radius 1 is 1.13 bits per heavy atom. The van der Waals surface area contributed by atoms with Crippen LogP contribution in [0.15, 0.2) is 24.5 Å². The molecule has 0 radical (unpaired) electrons. The molecule has 0 bridgehead atoms. The van der Waals surface area contributed by atoms with Gasteiger partial charge in [0.15, 0.2) is 11.6 Å². The molecule has 1 unspecified atom stereocenters. The minimum absolute atomic E-state index is 0.0728. The van der Waals surface area contributed by atoms with Crippen molar-refractivity contribution in [2.24, 2.45) is 0 Å². The summed E-state index contributed by atoms with van der Waals surface area (Å²) in [6.45, 7) is 1.96. The summed E-state index contributed by atoms with van der Waals surface area (Å²) in [5.74, 6) is 0.995. The third kappa shape index (κ3) is 3.75. The first-order valence-electron chi connectivity index (χ1n) is 10.4. The maximum Gasteiger partial charge on any atom is 0.339 e. The van der Waals surface area contributed by atoms with Gasteiger partial charge >= 0.3 is 5.97 Å². The van der Waals surface area contributed by atoms with Crippen LogP contribution >= 0.6 is 0 Å². The van der Waals surface area contributed by atoms with Gasteiger partial charge in [-0.3, -0.25) is 4.79 Å². The number of methoxy groups -OCH3 is 2. The van der Waals surface area contributed by atoms with Gasteiger partial charge in [0.25, 0.3) is 0 Å². The average Bonchev–Trinajstić information content (AvgIpc) is 3.31. The fourth-order valence-corrected chi connectivity index (χ4v) is 4.44. The molecule has 1 N–H and O–H groups in total. The number of hydrogen-bond acceptors (Lipinski definition) is 8. The van der Waals surface area contributed by atoms with Crippen molar-refractivity contribution in [3.8, 4) is 5.75 Å². The molecule has 1 fully saturated rings. The Labute approximate surface area is 181 Å². The first-order valence-corrected chi connectivity index (χ1v) is 10.4. The zero-order valence-electron chi connectivity index (χ0n) is 18.2. The highest BCUT2D eigenvalue weighted by atomic mass is 16.5. The topological polar surface area (TPSA) is 96.9 Å². The molecule has 2 aromatic heterocycles. The number of likely N-dealkylation sites (N-methyl/N-ethyl adjacent to an activating group) is 1. The lowest BCUT2D eigenvalue weighted by Gasteiger charge is -2.43. The van der Waals surface area contributed by atoms with Crippen molar-refractivity contribution in [3.05, 3.63) is 30.1 Å². The van der Waals surface area contributed by atoms with E-state index in [0.717, 1.165) is 24.2 Å². The Morgan fingerprint density at radius 2 is 1.87 bits per heavy atom. The van der Waals surface area contributed by atoms with Gasteiger partial charge in [-0.25, -0.2) is 14.8 Å². The van der Waals surface area contributed by atoms with Crippen molar-refractivity contribution in [3.63, 3.8) is 0 Å². The molecule has 0 spiro atoms. The van der Waals surface area contributed by atoms with E-state index < -0.39 is 5.97 Å². The quantitative estimate of drug-likeness (QED) is 0.730. The van der Waals surface area contributed by atoms with Crippen molar-refractivity contribution in [1.82, 2.24) is 9.97 Å². The molecular weight excluding hydrogens is 398 g/mol. The zero-order valence-corrected chi connectivity index (χ0v) is 18.2. The van der Waals surface area contributed by atoms with Gasteiger partial charge in [-0.05, 0) is 19.8 Å². The average molecular weight is 425 g/mol. The summed E-state index contributed by atoms with van der Waals surface area (Å²) in [5.41, 5.74) is 2.07. The lowest BCUT2D eigenvalue weighted by molar-refractivity contribution is -0.119. The Morgan fingerprint density at radius 3 is 2.55 bits per heavy atom. The SMILES string of the molecule is COC(=O)c1cnc(Nc2cc3c(cn2)N(C)C(=O)C(C)N3C2CCCC2)c(OC)c1. The number of nitrogens with zero attached hydrogens (tertiary/aromatic N) is 4. The Balaban J connectivity index is 1.69. The molecular formula is C22H27N5O4. The van der Waals surface area contributed by atoms with E-state index >= 15 is 0 Å². The molecule has 1 aliphatic heterocycles. The Bertz CT molecular complexity index is 1010. The molecule has 4 rings (SSSR count). The van der Waals surface area contributed by atoms with Gasteiger partial charge in [0.1, 0.15) is 11.9 Å². The summed E-state index contributed by atoms with van der Waals surface area (Å²) in [6, 6.07) is 3.62. The minimum atomic E-state index is -0.488. The maximum absolute atomic E-state index is 12.8. The maximum atomic E-state index is 12.8. The van der Waals surface area contributed by atoms with Crippen molar-refractivity contribution in [2.75, 3.05) is 36.4 Å². The molecule has 0 saturated heterocycles. The van der Waals surface area contributed by atoms with E-state index in [1.165, 1.54) is 33.3 Å². The number of pyridine rings is 2. The van der Waals surface area contributed by atoms with E-state index in [4.69, 9.17) is 9.47 Å². The van der Waals surface area contributed by atoms with E-state index in [1.807, 2.05) is 13.0 Å². The van der Waals surface area contributed by atoms with Gasteiger partial charge in [-0.2, -0.15) is 0 Å². The highest BCUT2D eigenvalue weighted by Crippen LogP contribution is 2.41. The molecule has 1 saturated carbocycles. The number of fused-ring (bicyclic) bond motifs is 1. The fraction of sp³-hybridized carbons (Fsp3) is 0.455. The number of aromatic nitrogens is 2. The molecule has 164 valence electrons. The number of carbonyl (C=O) groups excluding carboxylic acids is 2. The predicted molar refractivity (Wildman–Crippen MR) is 117 cm³/mol. The summed E-state index contributed by atoms with van der Waals surface area (Å²) in [7, 11) is 4.61. The van der Waals surface area contributed by atoms with Crippen LogP contribution < -0.4 is 19.9 Å². The van der Waals surface area contributed by atoms with E-state index in [-0.39, 0.29) is 11.9 Å². The summed E-state index contributed by atoms with van der Waals surface area (Å²) in [6.07, 6.45) is 7.65. The van der Waals surface area contributed by atoms with Gasteiger partial charge in [0.2, 0.25) is 5.91 Å². The highest BCUT2D eigenvalue weighted by molar-refractivity contribution is 6.05. The lowest BCUT2D eigenvalue weighted by Crippen LogP contribution is -2.54. The third-order valence-electron chi connectivity index (χ3n) is 6.06. The molecule has 9 nitrogen and oxygen atoms in total. The van der Waals surface area contributed by atoms with Gasteiger partial charge in [0, 0.05) is 31.4 Å². The van der Waals surface area contributed by atoms with Crippen molar-refractivity contribution >= 4 is 34.9 Å². The van der Waals surface area contributed by atoms with Crippen LogP contribution in [0.2, 0.25) is 0 Å². The van der Waals surface area contributed by atoms with E-state index in [0.29, 0.717) is 29.0 Å². The lowest BCUT2D eigenvalue weighted by atomic mass is 10.0. The number of ether oxygens (including phenoxy) is 2. The number of nitrogens with one attached hydrogen (secondary N) is 1. The largest absolute Gasteiger partial charge is 0.493 e. The van der Waals surface area contributed by atoms with Crippen LogP contribution in [0.3, 0.4) is 0 Å². The molecule has 1 aliphatic carbocycles. The van der Waals surface area contributed by atoms with Gasteiger partial charge < -0.3 is 24.6 Å². The summed E-state index contributed by atoms with van der Waals surface area (Å²) in [5, 5.41) is 3.18. The smallest absolute Gasteiger partial charge is 0.339 e. The molecule has 1 amide bonds. The van der Waals surface area contributed by atoms with Crippen molar-refractivity contribution < 1.29 is 19.1 Å². The first kappa shape index (κ1) is 20.9. The molecule has 9 heteroatoms. The second-order valence-corrected chi connectivity index (χ2v) is 7.87. The molecule has 1 atom stereocenters. The van der Waals surface area contributed by atoms with Gasteiger partial charge in [-0.15, -0.1) is 0 Å². The number of amides is 1. The number of anilines is 4. The van der Waals surface area contributed by atoms with Crippen LogP contribution in [0.1, 0.15) is 43.0 Å². The summed E-state index contributed by atoms with van der Waals surface area (Å²) in [4.78, 5) is 37.3. The van der Waals surface area contributed by atoms with Crippen LogP contribution in [0.25, 0.3) is 0 Å². The Hall–Kier alpha value is -3.36. The highest BCUT2D eigenvalue weighted by Gasteiger charge is 2.38. The normalized spacial score (nSPS) is 18.7. The number of rotatable bonds is 5. The van der Waals surface area contributed by atoms with Gasteiger partial charge in [0.05, 0.1) is 37.4 Å². The molecule has 3 heterocycles. The number of hydrogen-bond donors (Lipinski definition) is 1. The number of carbonyl (C=O) groups is 2. The van der Waals surface area contributed by atoms with Gasteiger partial charge in [-0.1, -0.05) is 12.8 Å².